The number of rotatable bonds is 3. The maximum Gasteiger partial charge on any atom is 0.254 e. The molecule has 0 aromatic heterocycles. The van der Waals surface area contributed by atoms with E-state index in [9.17, 15) is 9.18 Å². The number of amides is 1. The average Bonchev–Trinajstić information content (AvgIpc) is 2.42. The molecule has 112 valence electrons. The number of hydrogen-bond acceptors (Lipinski definition) is 2. The smallest absolute Gasteiger partial charge is 0.254 e. The lowest BCUT2D eigenvalue weighted by Gasteiger charge is -2.31. The van der Waals surface area contributed by atoms with Gasteiger partial charge in [-0.25, -0.2) is 4.39 Å². The Morgan fingerprint density at radius 1 is 1.40 bits per heavy atom. The summed E-state index contributed by atoms with van der Waals surface area (Å²) in [7, 11) is 0. The highest BCUT2D eigenvalue weighted by Gasteiger charge is 2.26. The summed E-state index contributed by atoms with van der Waals surface area (Å²) < 4.78 is 14.3. The predicted octanol–water partition coefficient (Wildman–Crippen LogP) is 3.26. The van der Waals surface area contributed by atoms with Crippen LogP contribution < -0.4 is 11.1 Å². The molecule has 6 heteroatoms. The normalized spacial score (nSPS) is 21.9. The maximum atomic E-state index is 13.6. The van der Waals surface area contributed by atoms with Gasteiger partial charge in [0.25, 0.3) is 5.91 Å². The van der Waals surface area contributed by atoms with E-state index in [4.69, 9.17) is 5.73 Å². The van der Waals surface area contributed by atoms with Crippen LogP contribution in [0, 0.1) is 11.7 Å². The minimum Gasteiger partial charge on any atom is -0.349 e. The second-order valence-corrected chi connectivity index (χ2v) is 5.90. The van der Waals surface area contributed by atoms with Crippen LogP contribution in [-0.2, 0) is 0 Å². The Kier molecular flexibility index (Phi) is 6.92. The predicted molar refractivity (Wildman–Crippen MR) is 83.6 cm³/mol. The highest BCUT2D eigenvalue weighted by Crippen LogP contribution is 2.24. The molecule has 0 radical (unpaired) electrons. The molecule has 2 unspecified atom stereocenters. The minimum absolute atomic E-state index is 0. The van der Waals surface area contributed by atoms with E-state index in [1.165, 1.54) is 12.1 Å². The lowest BCUT2D eigenvalue weighted by atomic mass is 9.84. The highest BCUT2D eigenvalue weighted by atomic mass is 79.9. The van der Waals surface area contributed by atoms with E-state index in [-0.39, 0.29) is 29.9 Å². The first-order valence-corrected chi connectivity index (χ1v) is 7.37. The molecule has 1 aromatic carbocycles. The van der Waals surface area contributed by atoms with Crippen LogP contribution in [0.25, 0.3) is 0 Å². The van der Waals surface area contributed by atoms with Gasteiger partial charge in [-0.15, -0.1) is 12.4 Å². The second-order valence-electron chi connectivity index (χ2n) is 4.98. The standard InChI is InChI=1S/C14H18BrFN2O.ClH/c15-10-5-6-12(16)11(7-10)14(19)18-13-4-2-1-3-9(13)8-17;/h5-7,9,13H,1-4,8,17H2,(H,18,19);1H. The fraction of sp³-hybridized carbons (Fsp3) is 0.500. The minimum atomic E-state index is -0.499. The van der Waals surface area contributed by atoms with Crippen molar-refractivity contribution in [3.8, 4) is 0 Å². The van der Waals surface area contributed by atoms with Gasteiger partial charge in [-0.1, -0.05) is 28.8 Å². The summed E-state index contributed by atoms with van der Waals surface area (Å²) in [5.74, 6) is -0.558. The van der Waals surface area contributed by atoms with Crippen LogP contribution in [-0.4, -0.2) is 18.5 Å². The number of halogens is 3. The van der Waals surface area contributed by atoms with Crippen LogP contribution in [0.3, 0.4) is 0 Å². The lowest BCUT2D eigenvalue weighted by Crippen LogP contribution is -2.44. The SMILES string of the molecule is Cl.NCC1CCCCC1NC(=O)c1cc(Br)ccc1F. The monoisotopic (exact) mass is 364 g/mol. The van der Waals surface area contributed by atoms with Gasteiger partial charge in [-0.2, -0.15) is 0 Å². The molecule has 3 nitrogen and oxygen atoms in total. The summed E-state index contributed by atoms with van der Waals surface area (Å²) in [6, 6.07) is 4.44. The van der Waals surface area contributed by atoms with Crippen LogP contribution in [0.4, 0.5) is 4.39 Å². The molecule has 1 aliphatic carbocycles. The maximum absolute atomic E-state index is 13.6. The van der Waals surface area contributed by atoms with Gasteiger partial charge in [0.05, 0.1) is 5.56 Å². The average molecular weight is 366 g/mol. The van der Waals surface area contributed by atoms with Crippen LogP contribution in [0.1, 0.15) is 36.0 Å². The van der Waals surface area contributed by atoms with Crippen molar-refractivity contribution in [2.45, 2.75) is 31.7 Å². The Labute approximate surface area is 133 Å². The van der Waals surface area contributed by atoms with Crippen LogP contribution in [0.2, 0.25) is 0 Å². The van der Waals surface area contributed by atoms with Gasteiger partial charge >= 0.3 is 0 Å². The Morgan fingerprint density at radius 3 is 2.80 bits per heavy atom. The van der Waals surface area contributed by atoms with E-state index in [1.54, 1.807) is 6.07 Å². The first kappa shape index (κ1) is 17.4. The fourth-order valence-corrected chi connectivity index (χ4v) is 2.96. The Hall–Kier alpha value is -0.650. The number of nitrogens with two attached hydrogens (primary N) is 1. The summed E-state index contributed by atoms with van der Waals surface area (Å²) in [6.45, 7) is 0.561. The molecule has 1 fully saturated rings. The molecule has 0 spiro atoms. The molecule has 3 N–H and O–H groups in total. The van der Waals surface area contributed by atoms with Gasteiger partial charge in [0.2, 0.25) is 0 Å². The zero-order valence-electron chi connectivity index (χ0n) is 11.1. The van der Waals surface area contributed by atoms with Gasteiger partial charge in [0.15, 0.2) is 0 Å². The molecular weight excluding hydrogens is 347 g/mol. The fourth-order valence-electron chi connectivity index (χ4n) is 2.60. The molecule has 0 bridgehead atoms. The molecule has 0 aliphatic heterocycles. The summed E-state index contributed by atoms with van der Waals surface area (Å²) in [5.41, 5.74) is 5.81. The van der Waals surface area contributed by atoms with Crippen molar-refractivity contribution in [2.75, 3.05) is 6.54 Å². The van der Waals surface area contributed by atoms with Crippen LogP contribution >= 0.6 is 28.3 Å². The first-order chi connectivity index (χ1) is 9.11. The molecule has 1 aliphatic rings. The number of hydrogen-bond donors (Lipinski definition) is 2. The molecule has 1 saturated carbocycles. The van der Waals surface area contributed by atoms with Gasteiger partial charge in [-0.3, -0.25) is 4.79 Å². The third-order valence-electron chi connectivity index (χ3n) is 3.70. The van der Waals surface area contributed by atoms with E-state index in [2.05, 4.69) is 21.2 Å². The molecular formula is C14H19BrClFN2O. The van der Waals surface area contributed by atoms with E-state index >= 15 is 0 Å². The van der Waals surface area contributed by atoms with Crippen molar-refractivity contribution in [1.29, 1.82) is 0 Å². The van der Waals surface area contributed by atoms with E-state index in [0.29, 0.717) is 16.9 Å². The van der Waals surface area contributed by atoms with E-state index in [0.717, 1.165) is 25.7 Å². The second kappa shape index (κ2) is 7.96. The Bertz CT molecular complexity index is 472. The number of carbonyl (C=O) groups is 1. The number of benzene rings is 1. The molecule has 0 saturated heterocycles. The summed E-state index contributed by atoms with van der Waals surface area (Å²) >= 11 is 3.25. The van der Waals surface area contributed by atoms with Crippen molar-refractivity contribution < 1.29 is 9.18 Å². The third kappa shape index (κ3) is 4.17. The summed E-state index contributed by atoms with van der Waals surface area (Å²) in [4.78, 5) is 12.1. The molecule has 0 heterocycles. The zero-order chi connectivity index (χ0) is 13.8. The first-order valence-electron chi connectivity index (χ1n) is 6.58. The van der Waals surface area contributed by atoms with E-state index < -0.39 is 5.82 Å². The zero-order valence-corrected chi connectivity index (χ0v) is 13.5. The number of carbonyl (C=O) groups excluding carboxylic acids is 1. The molecule has 2 rings (SSSR count). The Balaban J connectivity index is 0.00000200. The summed E-state index contributed by atoms with van der Waals surface area (Å²) in [5, 5.41) is 2.92. The van der Waals surface area contributed by atoms with Gasteiger partial charge in [0, 0.05) is 10.5 Å². The van der Waals surface area contributed by atoms with Crippen molar-refractivity contribution in [3.63, 3.8) is 0 Å². The van der Waals surface area contributed by atoms with Crippen molar-refractivity contribution >= 4 is 34.2 Å². The van der Waals surface area contributed by atoms with Crippen molar-refractivity contribution in [2.24, 2.45) is 11.7 Å². The quantitative estimate of drug-likeness (QED) is 0.864. The summed E-state index contributed by atoms with van der Waals surface area (Å²) in [6.07, 6.45) is 4.19. The third-order valence-corrected chi connectivity index (χ3v) is 4.19. The lowest BCUT2D eigenvalue weighted by molar-refractivity contribution is 0.0904. The molecule has 1 amide bonds. The van der Waals surface area contributed by atoms with Crippen LogP contribution in [0.5, 0.6) is 0 Å². The largest absolute Gasteiger partial charge is 0.349 e. The Morgan fingerprint density at radius 2 is 2.10 bits per heavy atom. The topological polar surface area (TPSA) is 55.1 Å². The number of nitrogens with one attached hydrogen (secondary N) is 1. The van der Waals surface area contributed by atoms with E-state index in [1.807, 2.05) is 0 Å². The van der Waals surface area contributed by atoms with Gasteiger partial charge in [0.1, 0.15) is 5.82 Å². The van der Waals surface area contributed by atoms with Crippen molar-refractivity contribution in [1.82, 2.24) is 5.32 Å². The van der Waals surface area contributed by atoms with Crippen molar-refractivity contribution in [3.05, 3.63) is 34.1 Å². The van der Waals surface area contributed by atoms with Crippen LogP contribution in [0.15, 0.2) is 22.7 Å². The molecule has 1 aromatic rings. The molecule has 20 heavy (non-hydrogen) atoms. The van der Waals surface area contributed by atoms with Gasteiger partial charge < -0.3 is 11.1 Å². The molecule has 2 atom stereocenters. The van der Waals surface area contributed by atoms with Gasteiger partial charge in [-0.05, 0) is 43.5 Å². The highest BCUT2D eigenvalue weighted by molar-refractivity contribution is 9.10.